The summed E-state index contributed by atoms with van der Waals surface area (Å²) in [5.41, 5.74) is 1.16. The molecule has 0 amide bonds. The van der Waals surface area contributed by atoms with Crippen molar-refractivity contribution in [2.24, 2.45) is 7.05 Å². The highest BCUT2D eigenvalue weighted by molar-refractivity contribution is 5.01. The lowest BCUT2D eigenvalue weighted by Gasteiger charge is -2.19. The van der Waals surface area contributed by atoms with Crippen LogP contribution in [0.1, 0.15) is 44.3 Å². The van der Waals surface area contributed by atoms with Crippen molar-refractivity contribution in [2.75, 3.05) is 13.2 Å². The van der Waals surface area contributed by atoms with Crippen LogP contribution in [0.2, 0.25) is 0 Å². The summed E-state index contributed by atoms with van der Waals surface area (Å²) in [6.45, 7) is 4.02. The molecule has 2 atom stereocenters. The molecule has 1 saturated heterocycles. The maximum Gasteiger partial charge on any atom is 0.0753 e. The average Bonchev–Trinajstić information content (AvgIpc) is 2.95. The molecular weight excluding hydrogens is 216 g/mol. The van der Waals surface area contributed by atoms with Gasteiger partial charge in [-0.15, -0.1) is 5.10 Å². The fourth-order valence-electron chi connectivity index (χ4n) is 2.44. The molecule has 1 aliphatic rings. The molecule has 17 heavy (non-hydrogen) atoms. The number of aryl methyl sites for hydroxylation is 1. The Morgan fingerprint density at radius 3 is 3.12 bits per heavy atom. The van der Waals surface area contributed by atoms with Crippen LogP contribution in [0.25, 0.3) is 0 Å². The first-order chi connectivity index (χ1) is 8.31. The molecule has 0 radical (unpaired) electrons. The Labute approximate surface area is 103 Å². The molecule has 2 rings (SSSR count). The number of aromatic nitrogens is 3. The maximum atomic E-state index is 5.66. The van der Waals surface area contributed by atoms with Crippen molar-refractivity contribution in [1.82, 2.24) is 20.3 Å². The molecular formula is C12H22N4O. The zero-order valence-electron chi connectivity index (χ0n) is 10.7. The standard InChI is InChI=1S/C12H22N4O/c1-3-13-11(12-9-14-15-16(12)2)7-6-10-5-4-8-17-10/h9-11,13H,3-8H2,1-2H3. The summed E-state index contributed by atoms with van der Waals surface area (Å²) < 4.78 is 7.51. The Hall–Kier alpha value is -0.940. The minimum absolute atomic E-state index is 0.337. The van der Waals surface area contributed by atoms with Gasteiger partial charge in [-0.05, 0) is 32.2 Å². The van der Waals surface area contributed by atoms with E-state index in [-0.39, 0.29) is 0 Å². The maximum absolute atomic E-state index is 5.66. The number of nitrogens with one attached hydrogen (secondary N) is 1. The summed E-state index contributed by atoms with van der Waals surface area (Å²) in [5.74, 6) is 0. The van der Waals surface area contributed by atoms with Crippen LogP contribution in [0.3, 0.4) is 0 Å². The van der Waals surface area contributed by atoms with E-state index >= 15 is 0 Å². The molecule has 96 valence electrons. The van der Waals surface area contributed by atoms with Crippen LogP contribution in [0, 0.1) is 0 Å². The summed E-state index contributed by atoms with van der Waals surface area (Å²) in [4.78, 5) is 0. The Balaban J connectivity index is 1.90. The molecule has 1 fully saturated rings. The highest BCUT2D eigenvalue weighted by atomic mass is 16.5. The van der Waals surface area contributed by atoms with E-state index in [1.807, 2.05) is 17.9 Å². The fraction of sp³-hybridized carbons (Fsp3) is 0.833. The van der Waals surface area contributed by atoms with E-state index in [1.165, 1.54) is 12.8 Å². The normalized spacial score (nSPS) is 21.9. The van der Waals surface area contributed by atoms with Crippen molar-refractivity contribution in [3.8, 4) is 0 Å². The molecule has 0 spiro atoms. The quantitative estimate of drug-likeness (QED) is 0.814. The first kappa shape index (κ1) is 12.5. The van der Waals surface area contributed by atoms with Gasteiger partial charge in [-0.3, -0.25) is 4.68 Å². The molecule has 1 N–H and O–H groups in total. The monoisotopic (exact) mass is 238 g/mol. The van der Waals surface area contributed by atoms with Crippen LogP contribution >= 0.6 is 0 Å². The molecule has 1 aromatic heterocycles. The Morgan fingerprint density at radius 2 is 2.53 bits per heavy atom. The second-order valence-corrected chi connectivity index (χ2v) is 4.61. The molecule has 5 nitrogen and oxygen atoms in total. The van der Waals surface area contributed by atoms with E-state index in [1.54, 1.807) is 0 Å². The van der Waals surface area contributed by atoms with Gasteiger partial charge in [0, 0.05) is 13.7 Å². The highest BCUT2D eigenvalue weighted by Crippen LogP contribution is 2.23. The Morgan fingerprint density at radius 1 is 1.65 bits per heavy atom. The molecule has 0 bridgehead atoms. The number of nitrogens with zero attached hydrogens (tertiary/aromatic N) is 3. The fourth-order valence-corrected chi connectivity index (χ4v) is 2.44. The Kier molecular flexibility index (Phi) is 4.50. The third kappa shape index (κ3) is 3.26. The molecule has 0 saturated carbocycles. The van der Waals surface area contributed by atoms with Crippen LogP contribution in [0.4, 0.5) is 0 Å². The van der Waals surface area contributed by atoms with E-state index in [2.05, 4.69) is 22.6 Å². The lowest BCUT2D eigenvalue weighted by atomic mass is 10.0. The van der Waals surface area contributed by atoms with Crippen LogP contribution in [-0.2, 0) is 11.8 Å². The molecule has 5 heteroatoms. The number of rotatable bonds is 6. The molecule has 1 aromatic rings. The van der Waals surface area contributed by atoms with Crippen LogP contribution in [0.15, 0.2) is 6.20 Å². The topological polar surface area (TPSA) is 52.0 Å². The summed E-state index contributed by atoms with van der Waals surface area (Å²) >= 11 is 0. The van der Waals surface area contributed by atoms with Gasteiger partial charge in [-0.2, -0.15) is 0 Å². The number of ether oxygens (including phenoxy) is 1. The van der Waals surface area contributed by atoms with Gasteiger partial charge in [0.1, 0.15) is 0 Å². The van der Waals surface area contributed by atoms with Gasteiger partial charge in [0.05, 0.1) is 24.0 Å². The first-order valence-electron chi connectivity index (χ1n) is 6.50. The third-order valence-corrected chi connectivity index (χ3v) is 3.36. The third-order valence-electron chi connectivity index (χ3n) is 3.36. The van der Waals surface area contributed by atoms with Gasteiger partial charge in [0.15, 0.2) is 0 Å². The van der Waals surface area contributed by atoms with Crippen LogP contribution in [0.5, 0.6) is 0 Å². The second-order valence-electron chi connectivity index (χ2n) is 4.61. The number of hydrogen-bond donors (Lipinski definition) is 1. The van der Waals surface area contributed by atoms with Crippen molar-refractivity contribution in [1.29, 1.82) is 0 Å². The zero-order valence-corrected chi connectivity index (χ0v) is 10.7. The van der Waals surface area contributed by atoms with E-state index in [9.17, 15) is 0 Å². The van der Waals surface area contributed by atoms with Gasteiger partial charge in [-0.1, -0.05) is 12.1 Å². The SMILES string of the molecule is CCNC(CCC1CCCO1)c1cnnn1C. The summed E-state index contributed by atoms with van der Waals surface area (Å²) in [6.07, 6.45) is 6.93. The highest BCUT2D eigenvalue weighted by Gasteiger charge is 2.20. The second kappa shape index (κ2) is 6.12. The molecule has 2 unspecified atom stereocenters. The van der Waals surface area contributed by atoms with Crippen molar-refractivity contribution in [3.63, 3.8) is 0 Å². The molecule has 0 aromatic carbocycles. The number of hydrogen-bond acceptors (Lipinski definition) is 4. The van der Waals surface area contributed by atoms with Crippen molar-refractivity contribution < 1.29 is 4.74 Å². The van der Waals surface area contributed by atoms with Crippen LogP contribution < -0.4 is 5.32 Å². The largest absolute Gasteiger partial charge is 0.378 e. The summed E-state index contributed by atoms with van der Waals surface area (Å²) in [5, 5.41) is 11.4. The average molecular weight is 238 g/mol. The van der Waals surface area contributed by atoms with Crippen molar-refractivity contribution >= 4 is 0 Å². The lowest BCUT2D eigenvalue weighted by molar-refractivity contribution is 0.0994. The predicted molar refractivity (Wildman–Crippen MR) is 65.6 cm³/mol. The van der Waals surface area contributed by atoms with E-state index < -0.39 is 0 Å². The lowest BCUT2D eigenvalue weighted by Crippen LogP contribution is -2.24. The van der Waals surface area contributed by atoms with E-state index in [0.29, 0.717) is 12.1 Å². The molecule has 1 aliphatic heterocycles. The first-order valence-corrected chi connectivity index (χ1v) is 6.50. The van der Waals surface area contributed by atoms with Gasteiger partial charge >= 0.3 is 0 Å². The molecule has 2 heterocycles. The van der Waals surface area contributed by atoms with E-state index in [0.717, 1.165) is 31.7 Å². The van der Waals surface area contributed by atoms with Crippen LogP contribution in [-0.4, -0.2) is 34.2 Å². The zero-order chi connectivity index (χ0) is 12.1. The van der Waals surface area contributed by atoms with Gasteiger partial charge in [0.2, 0.25) is 0 Å². The summed E-state index contributed by atoms with van der Waals surface area (Å²) in [6, 6.07) is 0.337. The summed E-state index contributed by atoms with van der Waals surface area (Å²) in [7, 11) is 1.94. The van der Waals surface area contributed by atoms with Gasteiger partial charge in [0.25, 0.3) is 0 Å². The minimum atomic E-state index is 0.337. The minimum Gasteiger partial charge on any atom is -0.378 e. The Bertz CT molecular complexity index is 333. The molecule has 0 aliphatic carbocycles. The van der Waals surface area contributed by atoms with Gasteiger partial charge < -0.3 is 10.1 Å². The van der Waals surface area contributed by atoms with Crippen molar-refractivity contribution in [2.45, 2.75) is 44.8 Å². The van der Waals surface area contributed by atoms with Gasteiger partial charge in [-0.25, -0.2) is 0 Å². The van der Waals surface area contributed by atoms with E-state index in [4.69, 9.17) is 4.74 Å². The smallest absolute Gasteiger partial charge is 0.0753 e. The van der Waals surface area contributed by atoms with Crippen molar-refractivity contribution in [3.05, 3.63) is 11.9 Å². The predicted octanol–water partition coefficient (Wildman–Crippen LogP) is 1.42.